The fraction of sp³-hybridized carbons (Fsp3) is 0.462. The van der Waals surface area contributed by atoms with Crippen molar-refractivity contribution < 1.29 is 29.0 Å². The third-order valence-electron chi connectivity index (χ3n) is 4.85. The van der Waals surface area contributed by atoms with Crippen molar-refractivity contribution in [2.45, 2.75) is 67.0 Å². The minimum absolute atomic E-state index is 0.0761. The minimum atomic E-state index is -1.25. The van der Waals surface area contributed by atoms with Gasteiger partial charge in [0.15, 0.2) is 6.61 Å². The van der Waals surface area contributed by atoms with Crippen molar-refractivity contribution in [3.05, 3.63) is 52.3 Å². The van der Waals surface area contributed by atoms with Gasteiger partial charge in [-0.3, -0.25) is 4.98 Å². The van der Waals surface area contributed by atoms with Crippen LogP contribution in [0.1, 0.15) is 67.5 Å². The third kappa shape index (κ3) is 7.57. The summed E-state index contributed by atoms with van der Waals surface area (Å²) >= 11 is 0. The number of carbonyl (C=O) groups is 3. The van der Waals surface area contributed by atoms with Crippen molar-refractivity contribution in [1.29, 1.82) is 0 Å². The third-order valence-corrected chi connectivity index (χ3v) is 4.85. The van der Waals surface area contributed by atoms with Gasteiger partial charge in [-0.2, -0.15) is 0 Å². The van der Waals surface area contributed by atoms with Crippen molar-refractivity contribution in [2.24, 2.45) is 5.92 Å². The zero-order valence-corrected chi connectivity index (χ0v) is 20.9. The fourth-order valence-electron chi connectivity index (χ4n) is 3.51. The van der Waals surface area contributed by atoms with Crippen LogP contribution in [0, 0.1) is 19.8 Å². The standard InChI is InChI=1S/C26H34N2O6/c1-15(2)12-20-19(13-27-25(32)34-26(5,6)7)23(18-10-8-16(3)9-11-18)22(17(4)28-20)24(31)33-14-21(29)30/h8-11,15H,12-14H2,1-7H3,(H,27,32)(H,29,30). The van der Waals surface area contributed by atoms with E-state index in [4.69, 9.17) is 14.6 Å². The maximum absolute atomic E-state index is 13.0. The molecule has 8 heteroatoms. The number of nitrogens with zero attached hydrogens (tertiary/aromatic N) is 1. The summed E-state index contributed by atoms with van der Waals surface area (Å²) in [6.07, 6.45) is 0.0311. The summed E-state index contributed by atoms with van der Waals surface area (Å²) < 4.78 is 10.4. The van der Waals surface area contributed by atoms with Crippen LogP contribution >= 0.6 is 0 Å². The molecule has 0 spiro atoms. The molecule has 0 saturated heterocycles. The first-order chi connectivity index (χ1) is 15.8. The van der Waals surface area contributed by atoms with Gasteiger partial charge in [-0.1, -0.05) is 43.7 Å². The monoisotopic (exact) mass is 470 g/mol. The Morgan fingerprint density at radius 2 is 1.71 bits per heavy atom. The number of hydrogen-bond donors (Lipinski definition) is 2. The summed E-state index contributed by atoms with van der Waals surface area (Å²) in [7, 11) is 0. The number of pyridine rings is 1. The van der Waals surface area contributed by atoms with Gasteiger partial charge in [-0.25, -0.2) is 14.4 Å². The van der Waals surface area contributed by atoms with Gasteiger partial charge in [0, 0.05) is 23.4 Å². The molecule has 2 rings (SSSR count). The van der Waals surface area contributed by atoms with E-state index in [0.717, 1.165) is 16.8 Å². The Labute approximate surface area is 200 Å². The first-order valence-electron chi connectivity index (χ1n) is 11.2. The Hall–Kier alpha value is -3.42. The molecule has 1 heterocycles. The highest BCUT2D eigenvalue weighted by atomic mass is 16.6. The van der Waals surface area contributed by atoms with E-state index < -0.39 is 30.2 Å². The van der Waals surface area contributed by atoms with Crippen LogP contribution in [0.25, 0.3) is 11.1 Å². The number of benzene rings is 1. The highest BCUT2D eigenvalue weighted by Gasteiger charge is 2.26. The van der Waals surface area contributed by atoms with Gasteiger partial charge in [0.2, 0.25) is 0 Å². The number of nitrogens with one attached hydrogen (secondary N) is 1. The lowest BCUT2D eigenvalue weighted by molar-refractivity contribution is -0.140. The number of alkyl carbamates (subject to hydrolysis) is 1. The van der Waals surface area contributed by atoms with E-state index in [1.807, 2.05) is 31.2 Å². The quantitative estimate of drug-likeness (QED) is 0.531. The number of carbonyl (C=O) groups excluding carboxylic acids is 2. The molecule has 0 aliphatic carbocycles. The van der Waals surface area contributed by atoms with Gasteiger partial charge in [-0.15, -0.1) is 0 Å². The molecule has 0 aliphatic rings. The van der Waals surface area contributed by atoms with Gasteiger partial charge < -0.3 is 19.9 Å². The molecule has 8 nitrogen and oxygen atoms in total. The molecule has 2 aromatic rings. The normalized spacial score (nSPS) is 11.3. The van der Waals surface area contributed by atoms with Crippen LogP contribution in [0.5, 0.6) is 0 Å². The van der Waals surface area contributed by atoms with Crippen molar-refractivity contribution >= 4 is 18.0 Å². The Morgan fingerprint density at radius 1 is 1.09 bits per heavy atom. The topological polar surface area (TPSA) is 115 Å². The summed E-state index contributed by atoms with van der Waals surface area (Å²) in [6, 6.07) is 7.61. The largest absolute Gasteiger partial charge is 0.479 e. The highest BCUT2D eigenvalue weighted by Crippen LogP contribution is 2.33. The summed E-state index contributed by atoms with van der Waals surface area (Å²) in [4.78, 5) is 41.1. The van der Waals surface area contributed by atoms with Crippen LogP contribution in [0.3, 0.4) is 0 Å². The van der Waals surface area contributed by atoms with Crippen LogP contribution in [-0.4, -0.2) is 40.3 Å². The Morgan fingerprint density at radius 3 is 2.24 bits per heavy atom. The second-order valence-electron chi connectivity index (χ2n) is 9.66. The van der Waals surface area contributed by atoms with E-state index in [-0.39, 0.29) is 18.0 Å². The number of aromatic nitrogens is 1. The van der Waals surface area contributed by atoms with E-state index in [2.05, 4.69) is 24.1 Å². The average Bonchev–Trinajstić information content (AvgIpc) is 2.69. The van der Waals surface area contributed by atoms with Crippen LogP contribution < -0.4 is 5.32 Å². The molecule has 0 aliphatic heterocycles. The predicted molar refractivity (Wildman–Crippen MR) is 129 cm³/mol. The summed E-state index contributed by atoms with van der Waals surface area (Å²) in [5.41, 5.74) is 3.70. The molecule has 0 saturated carbocycles. The predicted octanol–water partition coefficient (Wildman–Crippen LogP) is 4.83. The van der Waals surface area contributed by atoms with Crippen LogP contribution in [0.4, 0.5) is 4.79 Å². The number of amides is 1. The van der Waals surface area contributed by atoms with E-state index in [1.54, 1.807) is 27.7 Å². The number of esters is 1. The molecule has 184 valence electrons. The second kappa shape index (κ2) is 11.1. The number of aryl methyl sites for hydroxylation is 2. The minimum Gasteiger partial charge on any atom is -0.479 e. The lowest BCUT2D eigenvalue weighted by atomic mass is 9.89. The number of carboxylic acids is 1. The second-order valence-corrected chi connectivity index (χ2v) is 9.66. The zero-order valence-electron chi connectivity index (χ0n) is 20.9. The number of carboxylic acid groups (broad SMARTS) is 1. The number of aliphatic carboxylic acids is 1. The van der Waals surface area contributed by atoms with E-state index in [0.29, 0.717) is 23.2 Å². The van der Waals surface area contributed by atoms with E-state index >= 15 is 0 Å². The SMILES string of the molecule is Cc1ccc(-c2c(CNC(=O)OC(C)(C)C)c(CC(C)C)nc(C)c2C(=O)OCC(=O)O)cc1. The van der Waals surface area contributed by atoms with Crippen molar-refractivity contribution in [2.75, 3.05) is 6.61 Å². The summed E-state index contributed by atoms with van der Waals surface area (Å²) in [5.74, 6) is -1.76. The fourth-order valence-corrected chi connectivity index (χ4v) is 3.51. The van der Waals surface area contributed by atoms with Gasteiger partial charge in [0.1, 0.15) is 5.60 Å². The summed E-state index contributed by atoms with van der Waals surface area (Å²) in [5, 5.41) is 11.8. The number of hydrogen-bond acceptors (Lipinski definition) is 6. The molecule has 0 radical (unpaired) electrons. The summed E-state index contributed by atoms with van der Waals surface area (Å²) in [6.45, 7) is 12.4. The van der Waals surface area contributed by atoms with Crippen LogP contribution in [0.2, 0.25) is 0 Å². The maximum atomic E-state index is 13.0. The smallest absolute Gasteiger partial charge is 0.407 e. The Balaban J connectivity index is 2.69. The van der Waals surface area contributed by atoms with E-state index in [1.165, 1.54) is 0 Å². The Kier molecular flexibility index (Phi) is 8.79. The molecule has 1 aromatic carbocycles. The van der Waals surface area contributed by atoms with Gasteiger partial charge >= 0.3 is 18.0 Å². The molecule has 1 amide bonds. The zero-order chi connectivity index (χ0) is 25.6. The van der Waals surface area contributed by atoms with Crippen molar-refractivity contribution in [3.63, 3.8) is 0 Å². The molecule has 0 atom stereocenters. The van der Waals surface area contributed by atoms with Gasteiger partial charge in [0.25, 0.3) is 0 Å². The van der Waals surface area contributed by atoms with Crippen LogP contribution in [0.15, 0.2) is 24.3 Å². The molecule has 0 unspecified atom stereocenters. The highest BCUT2D eigenvalue weighted by molar-refractivity contribution is 6.00. The first kappa shape index (κ1) is 26.8. The number of ether oxygens (including phenoxy) is 2. The van der Waals surface area contributed by atoms with Crippen LogP contribution in [-0.2, 0) is 27.2 Å². The van der Waals surface area contributed by atoms with Gasteiger partial charge in [0.05, 0.1) is 11.3 Å². The average molecular weight is 471 g/mol. The lowest BCUT2D eigenvalue weighted by Gasteiger charge is -2.23. The molecular weight excluding hydrogens is 436 g/mol. The van der Waals surface area contributed by atoms with Gasteiger partial charge in [-0.05, 0) is 52.5 Å². The van der Waals surface area contributed by atoms with E-state index in [9.17, 15) is 14.4 Å². The lowest BCUT2D eigenvalue weighted by Crippen LogP contribution is -2.33. The molecular formula is C26H34N2O6. The molecule has 34 heavy (non-hydrogen) atoms. The first-order valence-corrected chi connectivity index (χ1v) is 11.2. The molecule has 0 fully saturated rings. The maximum Gasteiger partial charge on any atom is 0.407 e. The van der Waals surface area contributed by atoms with Crippen molar-refractivity contribution in [3.8, 4) is 11.1 Å². The molecule has 0 bridgehead atoms. The Bertz CT molecular complexity index is 1050. The molecule has 1 aromatic heterocycles. The molecule has 2 N–H and O–H groups in total. The van der Waals surface area contributed by atoms with Crippen molar-refractivity contribution in [1.82, 2.24) is 10.3 Å². The number of rotatable bonds is 8.